The quantitative estimate of drug-likeness (QED) is 0.844. The fourth-order valence-corrected chi connectivity index (χ4v) is 1.59. The van der Waals surface area contributed by atoms with Crippen molar-refractivity contribution in [2.45, 2.75) is 52.6 Å². The lowest BCUT2D eigenvalue weighted by Gasteiger charge is -2.16. The fourth-order valence-electron chi connectivity index (χ4n) is 1.59. The predicted molar refractivity (Wildman–Crippen MR) is 65.1 cm³/mol. The smallest absolute Gasteiger partial charge is 0.128 e. The van der Waals surface area contributed by atoms with Crippen LogP contribution in [0.3, 0.4) is 0 Å². The molecule has 0 aliphatic heterocycles. The minimum atomic E-state index is 0.258. The number of rotatable bonds is 4. The van der Waals surface area contributed by atoms with E-state index in [1.807, 2.05) is 12.4 Å². The second-order valence-electron chi connectivity index (χ2n) is 5.90. The maximum absolute atomic E-state index is 4.41. The molecule has 1 saturated carbocycles. The fraction of sp³-hybridized carbons (Fsp3) is 0.692. The molecule has 0 spiro atoms. The van der Waals surface area contributed by atoms with Gasteiger partial charge in [0, 0.05) is 37.0 Å². The molecule has 0 amide bonds. The van der Waals surface area contributed by atoms with Crippen molar-refractivity contribution in [1.29, 1.82) is 0 Å². The third kappa shape index (κ3) is 3.89. The molecule has 2 rings (SSSR count). The summed E-state index contributed by atoms with van der Waals surface area (Å²) < 4.78 is 0. The zero-order chi connectivity index (χ0) is 11.6. The number of hydrogen-bond acceptors (Lipinski definition) is 3. The molecule has 3 nitrogen and oxygen atoms in total. The minimum absolute atomic E-state index is 0.258. The van der Waals surface area contributed by atoms with E-state index in [-0.39, 0.29) is 5.41 Å². The van der Waals surface area contributed by atoms with E-state index in [2.05, 4.69) is 36.1 Å². The standard InChI is InChI=1S/C13H21N3/c1-13(2,3)6-12-15-8-10(9-16-12)7-14-11-4-5-11/h8-9,11,14H,4-7H2,1-3H3. The first-order valence-corrected chi connectivity index (χ1v) is 6.06. The lowest BCUT2D eigenvalue weighted by atomic mass is 9.92. The van der Waals surface area contributed by atoms with Gasteiger partial charge in [0.05, 0.1) is 0 Å². The van der Waals surface area contributed by atoms with Crippen LogP contribution in [0.4, 0.5) is 0 Å². The third-order valence-electron chi connectivity index (χ3n) is 2.62. The zero-order valence-corrected chi connectivity index (χ0v) is 10.5. The van der Waals surface area contributed by atoms with Gasteiger partial charge in [-0.15, -0.1) is 0 Å². The van der Waals surface area contributed by atoms with Crippen LogP contribution in [0.15, 0.2) is 12.4 Å². The zero-order valence-electron chi connectivity index (χ0n) is 10.5. The Balaban J connectivity index is 1.87. The highest BCUT2D eigenvalue weighted by molar-refractivity contribution is 5.06. The summed E-state index contributed by atoms with van der Waals surface area (Å²) in [6.07, 6.45) is 7.47. The highest BCUT2D eigenvalue weighted by Crippen LogP contribution is 2.20. The largest absolute Gasteiger partial charge is 0.310 e. The van der Waals surface area contributed by atoms with Crippen molar-refractivity contribution in [3.05, 3.63) is 23.8 Å². The molecule has 1 aromatic rings. The number of hydrogen-bond donors (Lipinski definition) is 1. The molecule has 3 heteroatoms. The topological polar surface area (TPSA) is 37.8 Å². The van der Waals surface area contributed by atoms with Crippen molar-refractivity contribution in [1.82, 2.24) is 15.3 Å². The Morgan fingerprint density at radius 3 is 2.38 bits per heavy atom. The van der Waals surface area contributed by atoms with E-state index < -0.39 is 0 Å². The van der Waals surface area contributed by atoms with Crippen LogP contribution in [0, 0.1) is 5.41 Å². The van der Waals surface area contributed by atoms with Crippen molar-refractivity contribution in [2.24, 2.45) is 5.41 Å². The average Bonchev–Trinajstić information content (AvgIpc) is 2.98. The van der Waals surface area contributed by atoms with E-state index >= 15 is 0 Å². The van der Waals surface area contributed by atoms with Gasteiger partial charge in [-0.25, -0.2) is 9.97 Å². The van der Waals surface area contributed by atoms with E-state index in [4.69, 9.17) is 0 Å². The van der Waals surface area contributed by atoms with Crippen LogP contribution < -0.4 is 5.32 Å². The van der Waals surface area contributed by atoms with Gasteiger partial charge >= 0.3 is 0 Å². The summed E-state index contributed by atoms with van der Waals surface area (Å²) in [7, 11) is 0. The Labute approximate surface area is 97.7 Å². The van der Waals surface area contributed by atoms with Crippen LogP contribution in [0.2, 0.25) is 0 Å². The molecular formula is C13H21N3. The van der Waals surface area contributed by atoms with Crippen molar-refractivity contribution < 1.29 is 0 Å². The Kier molecular flexibility index (Phi) is 3.24. The van der Waals surface area contributed by atoms with Crippen LogP contribution in [-0.2, 0) is 13.0 Å². The maximum atomic E-state index is 4.41. The Morgan fingerprint density at radius 2 is 1.88 bits per heavy atom. The number of nitrogens with zero attached hydrogens (tertiary/aromatic N) is 2. The normalized spacial score (nSPS) is 16.4. The third-order valence-corrected chi connectivity index (χ3v) is 2.62. The van der Waals surface area contributed by atoms with E-state index in [9.17, 15) is 0 Å². The Bertz CT molecular complexity index is 333. The Morgan fingerprint density at radius 1 is 1.25 bits per heavy atom. The molecule has 1 heterocycles. The molecule has 1 fully saturated rings. The van der Waals surface area contributed by atoms with E-state index in [1.54, 1.807) is 0 Å². The Hall–Kier alpha value is -0.960. The highest BCUT2D eigenvalue weighted by atomic mass is 15.0. The SMILES string of the molecule is CC(C)(C)Cc1ncc(CNC2CC2)cn1. The highest BCUT2D eigenvalue weighted by Gasteiger charge is 2.20. The molecule has 0 unspecified atom stereocenters. The van der Waals surface area contributed by atoms with Crippen molar-refractivity contribution in [2.75, 3.05) is 0 Å². The van der Waals surface area contributed by atoms with Gasteiger partial charge < -0.3 is 5.32 Å². The molecule has 1 aliphatic rings. The summed E-state index contributed by atoms with van der Waals surface area (Å²) in [5, 5.41) is 3.46. The molecule has 0 saturated heterocycles. The average molecular weight is 219 g/mol. The van der Waals surface area contributed by atoms with Crippen LogP contribution in [0.5, 0.6) is 0 Å². The van der Waals surface area contributed by atoms with E-state index in [0.717, 1.165) is 24.8 Å². The van der Waals surface area contributed by atoms with Crippen LogP contribution in [0.1, 0.15) is 45.0 Å². The molecule has 0 radical (unpaired) electrons. The summed E-state index contributed by atoms with van der Waals surface area (Å²) in [5.41, 5.74) is 1.44. The van der Waals surface area contributed by atoms with Crippen LogP contribution in [0.25, 0.3) is 0 Å². The molecule has 1 aromatic heterocycles. The van der Waals surface area contributed by atoms with Gasteiger partial charge in [-0.05, 0) is 18.3 Å². The second kappa shape index (κ2) is 4.50. The summed E-state index contributed by atoms with van der Waals surface area (Å²) in [5.74, 6) is 0.947. The van der Waals surface area contributed by atoms with Gasteiger partial charge in [-0.1, -0.05) is 20.8 Å². The maximum Gasteiger partial charge on any atom is 0.128 e. The van der Waals surface area contributed by atoms with Crippen LogP contribution >= 0.6 is 0 Å². The number of nitrogens with one attached hydrogen (secondary N) is 1. The summed E-state index contributed by atoms with van der Waals surface area (Å²) in [6, 6.07) is 0.745. The first kappa shape index (κ1) is 11.5. The van der Waals surface area contributed by atoms with Crippen molar-refractivity contribution in [3.8, 4) is 0 Å². The van der Waals surface area contributed by atoms with Gasteiger partial charge in [-0.3, -0.25) is 0 Å². The molecule has 0 aromatic carbocycles. The minimum Gasteiger partial charge on any atom is -0.310 e. The van der Waals surface area contributed by atoms with Gasteiger partial charge in [0.1, 0.15) is 5.82 Å². The van der Waals surface area contributed by atoms with Gasteiger partial charge in [0.25, 0.3) is 0 Å². The van der Waals surface area contributed by atoms with E-state index in [1.165, 1.54) is 18.4 Å². The predicted octanol–water partition coefficient (Wildman–Crippen LogP) is 2.32. The lowest BCUT2D eigenvalue weighted by Crippen LogP contribution is -2.16. The number of aromatic nitrogens is 2. The first-order valence-electron chi connectivity index (χ1n) is 6.06. The summed E-state index contributed by atoms with van der Waals surface area (Å²) >= 11 is 0. The van der Waals surface area contributed by atoms with Gasteiger partial charge in [0.2, 0.25) is 0 Å². The van der Waals surface area contributed by atoms with E-state index in [0.29, 0.717) is 0 Å². The van der Waals surface area contributed by atoms with Crippen LogP contribution in [-0.4, -0.2) is 16.0 Å². The van der Waals surface area contributed by atoms with Gasteiger partial charge in [-0.2, -0.15) is 0 Å². The van der Waals surface area contributed by atoms with Crippen molar-refractivity contribution >= 4 is 0 Å². The monoisotopic (exact) mass is 219 g/mol. The lowest BCUT2D eigenvalue weighted by molar-refractivity contribution is 0.400. The second-order valence-corrected chi connectivity index (χ2v) is 5.90. The van der Waals surface area contributed by atoms with Gasteiger partial charge in [0.15, 0.2) is 0 Å². The molecule has 0 bridgehead atoms. The molecule has 1 aliphatic carbocycles. The summed E-state index contributed by atoms with van der Waals surface area (Å²) in [4.78, 5) is 8.82. The summed E-state index contributed by atoms with van der Waals surface area (Å²) in [6.45, 7) is 7.53. The van der Waals surface area contributed by atoms with Crippen molar-refractivity contribution in [3.63, 3.8) is 0 Å². The molecule has 1 N–H and O–H groups in total. The molecule has 16 heavy (non-hydrogen) atoms. The molecular weight excluding hydrogens is 198 g/mol. The molecule has 88 valence electrons. The first-order chi connectivity index (χ1) is 7.53. The molecule has 0 atom stereocenters.